The van der Waals surface area contributed by atoms with Crippen molar-refractivity contribution in [2.45, 2.75) is 18.4 Å². The zero-order valence-corrected chi connectivity index (χ0v) is 22.9. The number of nitrogens with one attached hydrogen (secondary N) is 2. The van der Waals surface area contributed by atoms with Gasteiger partial charge in [0.2, 0.25) is 0 Å². The molecule has 1 aliphatic rings. The molecule has 0 bridgehead atoms. The molecule has 0 radical (unpaired) electrons. The second-order valence-electron chi connectivity index (χ2n) is 9.65. The second-order valence-corrected chi connectivity index (χ2v) is 9.65. The maximum Gasteiger partial charge on any atom is 0.416 e. The first kappa shape index (κ1) is 30.8. The van der Waals surface area contributed by atoms with E-state index in [-0.39, 0.29) is 18.7 Å². The molecule has 0 saturated carbocycles. The normalized spacial score (nSPS) is 15.2. The SMILES string of the molecule is COc1cc(OC)cc(N2CCN(C(CNC(=O)Nc3cc(C(F)(F)F)cc(C(F)(F)F)c3)c3ccccc3)CC2)c1. The number of ether oxygens (including phenoxy) is 2. The molecule has 0 spiro atoms. The molecule has 7 nitrogen and oxygen atoms in total. The van der Waals surface area contributed by atoms with Crippen LogP contribution in [0.3, 0.4) is 0 Å². The van der Waals surface area contributed by atoms with Crippen molar-refractivity contribution in [3.05, 3.63) is 83.4 Å². The number of benzene rings is 3. The standard InChI is InChI=1S/C29H30F6N4O3/c1-41-24-15-23(16-25(17-24)42-2)38-8-10-39(11-9-38)26(19-6-4-3-5-7-19)18-36-27(40)37-22-13-20(28(30,31)32)12-21(14-22)29(33,34)35/h3-7,12-17,26H,8-11,18H2,1-2H3,(H2,36,37,40). The van der Waals surface area contributed by atoms with E-state index in [0.717, 1.165) is 11.3 Å². The minimum atomic E-state index is -5.02. The molecule has 3 aromatic carbocycles. The molecule has 226 valence electrons. The summed E-state index contributed by atoms with van der Waals surface area (Å²) in [5, 5.41) is 4.74. The molecule has 42 heavy (non-hydrogen) atoms. The minimum Gasteiger partial charge on any atom is -0.497 e. The molecule has 1 fully saturated rings. The lowest BCUT2D eigenvalue weighted by Crippen LogP contribution is -2.50. The van der Waals surface area contributed by atoms with E-state index >= 15 is 0 Å². The van der Waals surface area contributed by atoms with Crippen molar-refractivity contribution in [1.82, 2.24) is 10.2 Å². The summed E-state index contributed by atoms with van der Waals surface area (Å²) in [5.74, 6) is 1.32. The number of carbonyl (C=O) groups is 1. The van der Waals surface area contributed by atoms with E-state index in [1.807, 2.05) is 42.5 Å². The largest absolute Gasteiger partial charge is 0.497 e. The number of piperazine rings is 1. The van der Waals surface area contributed by atoms with Gasteiger partial charge in [0.15, 0.2) is 0 Å². The van der Waals surface area contributed by atoms with Crippen molar-refractivity contribution in [2.24, 2.45) is 0 Å². The average Bonchev–Trinajstić information content (AvgIpc) is 2.96. The van der Waals surface area contributed by atoms with Crippen molar-refractivity contribution in [2.75, 3.05) is 57.2 Å². The molecule has 2 N–H and O–H groups in total. The van der Waals surface area contributed by atoms with Crippen molar-refractivity contribution in [1.29, 1.82) is 0 Å². The number of methoxy groups -OCH3 is 2. The molecule has 3 aromatic rings. The maximum atomic E-state index is 13.2. The van der Waals surface area contributed by atoms with E-state index in [4.69, 9.17) is 9.47 Å². The van der Waals surface area contributed by atoms with E-state index in [9.17, 15) is 31.1 Å². The summed E-state index contributed by atoms with van der Waals surface area (Å²) >= 11 is 0. The van der Waals surface area contributed by atoms with Crippen molar-refractivity contribution >= 4 is 17.4 Å². The van der Waals surface area contributed by atoms with Gasteiger partial charge in [0.1, 0.15) is 11.5 Å². The van der Waals surface area contributed by atoms with Crippen LogP contribution in [-0.2, 0) is 12.4 Å². The quantitative estimate of drug-likeness (QED) is 0.294. The highest BCUT2D eigenvalue weighted by atomic mass is 19.4. The highest BCUT2D eigenvalue weighted by molar-refractivity contribution is 5.89. The van der Waals surface area contributed by atoms with Gasteiger partial charge in [-0.05, 0) is 23.8 Å². The first-order valence-electron chi connectivity index (χ1n) is 13.0. The lowest BCUT2D eigenvalue weighted by Gasteiger charge is -2.40. The fraction of sp³-hybridized carbons (Fsp3) is 0.345. The second kappa shape index (κ2) is 12.8. The molecule has 0 aromatic heterocycles. The van der Waals surface area contributed by atoms with Crippen LogP contribution >= 0.6 is 0 Å². The van der Waals surface area contributed by atoms with Crippen LogP contribution < -0.4 is 25.0 Å². The zero-order chi connectivity index (χ0) is 30.5. The predicted octanol–water partition coefficient (Wildman–Crippen LogP) is 6.43. The molecule has 0 aliphatic carbocycles. The topological polar surface area (TPSA) is 66.1 Å². The smallest absolute Gasteiger partial charge is 0.416 e. The number of hydrogen-bond donors (Lipinski definition) is 2. The number of urea groups is 1. The molecule has 2 amide bonds. The molecular weight excluding hydrogens is 566 g/mol. The molecule has 1 atom stereocenters. The summed E-state index contributed by atoms with van der Waals surface area (Å²) < 4.78 is 90.0. The van der Waals surface area contributed by atoms with E-state index < -0.39 is 35.2 Å². The molecule has 1 aliphatic heterocycles. The van der Waals surface area contributed by atoms with Gasteiger partial charge in [-0.1, -0.05) is 30.3 Å². The van der Waals surface area contributed by atoms with Gasteiger partial charge >= 0.3 is 18.4 Å². The van der Waals surface area contributed by atoms with Crippen LogP contribution in [0, 0.1) is 0 Å². The third kappa shape index (κ3) is 7.78. The summed E-state index contributed by atoms with van der Waals surface area (Å²) in [6.07, 6.45) is -10.0. The Morgan fingerprint density at radius 3 is 1.86 bits per heavy atom. The lowest BCUT2D eigenvalue weighted by molar-refractivity contribution is -0.143. The summed E-state index contributed by atoms with van der Waals surface area (Å²) in [6.45, 7) is 2.59. The Balaban J connectivity index is 1.46. The predicted molar refractivity (Wildman–Crippen MR) is 146 cm³/mol. The number of anilines is 2. The lowest BCUT2D eigenvalue weighted by atomic mass is 10.0. The van der Waals surface area contributed by atoms with Crippen LogP contribution in [0.15, 0.2) is 66.7 Å². The Morgan fingerprint density at radius 2 is 1.36 bits per heavy atom. The summed E-state index contributed by atoms with van der Waals surface area (Å²) in [7, 11) is 3.15. The monoisotopic (exact) mass is 596 g/mol. The van der Waals surface area contributed by atoms with Crippen LogP contribution in [0.4, 0.5) is 42.5 Å². The third-order valence-electron chi connectivity index (χ3n) is 6.94. The van der Waals surface area contributed by atoms with E-state index in [1.54, 1.807) is 20.3 Å². The van der Waals surface area contributed by atoms with Crippen molar-refractivity contribution in [3.63, 3.8) is 0 Å². The molecule has 1 saturated heterocycles. The molecular formula is C29H30F6N4O3. The van der Waals surface area contributed by atoms with Crippen LogP contribution in [0.1, 0.15) is 22.7 Å². The number of alkyl halides is 6. The number of hydrogen-bond acceptors (Lipinski definition) is 5. The number of halogens is 6. The van der Waals surface area contributed by atoms with Crippen LogP contribution in [0.2, 0.25) is 0 Å². The first-order chi connectivity index (χ1) is 19.9. The van der Waals surface area contributed by atoms with Gasteiger partial charge in [-0.15, -0.1) is 0 Å². The fourth-order valence-corrected chi connectivity index (χ4v) is 4.79. The summed E-state index contributed by atoms with van der Waals surface area (Å²) in [6, 6.07) is 14.7. The van der Waals surface area contributed by atoms with Crippen molar-refractivity contribution in [3.8, 4) is 11.5 Å². The van der Waals surface area contributed by atoms with Crippen LogP contribution in [0.25, 0.3) is 0 Å². The third-order valence-corrected chi connectivity index (χ3v) is 6.94. The van der Waals surface area contributed by atoms with Gasteiger partial charge in [-0.3, -0.25) is 4.90 Å². The molecule has 1 heterocycles. The van der Waals surface area contributed by atoms with Gasteiger partial charge in [0.25, 0.3) is 0 Å². The fourth-order valence-electron chi connectivity index (χ4n) is 4.79. The van der Waals surface area contributed by atoms with Crippen LogP contribution in [0.5, 0.6) is 11.5 Å². The van der Waals surface area contributed by atoms with Gasteiger partial charge in [-0.25, -0.2) is 4.79 Å². The van der Waals surface area contributed by atoms with Gasteiger partial charge < -0.3 is 25.0 Å². The number of amides is 2. The first-order valence-corrected chi connectivity index (χ1v) is 13.0. The summed E-state index contributed by atoms with van der Waals surface area (Å²) in [4.78, 5) is 17.0. The average molecular weight is 597 g/mol. The van der Waals surface area contributed by atoms with Crippen molar-refractivity contribution < 1.29 is 40.6 Å². The minimum absolute atomic E-state index is 0.00969. The molecule has 4 rings (SSSR count). The Kier molecular flexibility index (Phi) is 9.40. The van der Waals surface area contributed by atoms with Crippen LogP contribution in [-0.4, -0.2) is 57.9 Å². The Morgan fingerprint density at radius 1 is 0.810 bits per heavy atom. The van der Waals surface area contributed by atoms with E-state index in [1.165, 1.54) is 0 Å². The van der Waals surface area contributed by atoms with E-state index in [2.05, 4.69) is 20.4 Å². The Labute approximate surface area is 239 Å². The van der Waals surface area contributed by atoms with Gasteiger partial charge in [-0.2, -0.15) is 26.3 Å². The maximum absolute atomic E-state index is 13.2. The number of carbonyl (C=O) groups excluding carboxylic acids is 1. The molecule has 1 unspecified atom stereocenters. The number of nitrogens with zero attached hydrogens (tertiary/aromatic N) is 2. The van der Waals surface area contributed by atoms with Gasteiger partial charge in [0.05, 0.1) is 31.4 Å². The van der Waals surface area contributed by atoms with Gasteiger partial charge in [0, 0.05) is 62.3 Å². The zero-order valence-electron chi connectivity index (χ0n) is 22.9. The Bertz CT molecular complexity index is 1310. The Hall–Kier alpha value is -4.13. The number of rotatable bonds is 8. The highest BCUT2D eigenvalue weighted by Crippen LogP contribution is 2.37. The molecule has 13 heteroatoms. The highest BCUT2D eigenvalue weighted by Gasteiger charge is 2.37. The summed E-state index contributed by atoms with van der Waals surface area (Å²) in [5.41, 5.74) is -1.82. The van der Waals surface area contributed by atoms with E-state index in [0.29, 0.717) is 49.8 Å².